The molecule has 0 aliphatic heterocycles. The first-order chi connectivity index (χ1) is 9.08. The second-order valence-electron chi connectivity index (χ2n) is 4.30. The molecule has 2 nitrogen and oxygen atoms in total. The topological polar surface area (TPSA) is 21.3 Å². The second-order valence-corrected chi connectivity index (χ2v) is 5.22. The van der Waals surface area contributed by atoms with Gasteiger partial charge in [0.15, 0.2) is 0 Å². The highest BCUT2D eigenvalue weighted by atomic mass is 79.9. The molecule has 2 aromatic rings. The molecule has 2 aromatic carbocycles. The Balaban J connectivity index is 2.12. The van der Waals surface area contributed by atoms with Crippen LogP contribution in [0.2, 0.25) is 0 Å². The van der Waals surface area contributed by atoms with E-state index < -0.39 is 0 Å². The fourth-order valence-corrected chi connectivity index (χ4v) is 2.31. The van der Waals surface area contributed by atoms with Gasteiger partial charge in [-0.15, -0.1) is 0 Å². The van der Waals surface area contributed by atoms with Gasteiger partial charge in [0.1, 0.15) is 11.6 Å². The zero-order chi connectivity index (χ0) is 13.8. The van der Waals surface area contributed by atoms with Gasteiger partial charge in [0.25, 0.3) is 0 Å². The van der Waals surface area contributed by atoms with Crippen LogP contribution in [0.1, 0.15) is 11.1 Å². The zero-order valence-corrected chi connectivity index (χ0v) is 12.4. The summed E-state index contributed by atoms with van der Waals surface area (Å²) in [7, 11) is 1.63. The first-order valence-electron chi connectivity index (χ1n) is 5.92. The van der Waals surface area contributed by atoms with Gasteiger partial charge in [-0.1, -0.05) is 22.0 Å². The van der Waals surface area contributed by atoms with Gasteiger partial charge in [-0.2, -0.15) is 0 Å². The van der Waals surface area contributed by atoms with Crippen LogP contribution in [0, 0.1) is 12.7 Å². The number of ether oxygens (including phenoxy) is 1. The standard InChI is InChI=1S/C15H15BrFNO/c1-10-5-13(17)4-3-11(10)9-18-14-6-12(16)7-15(8-14)19-2/h3-8,18H,9H2,1-2H3. The number of rotatable bonds is 4. The van der Waals surface area contributed by atoms with Crippen LogP contribution in [-0.2, 0) is 6.54 Å². The number of anilines is 1. The van der Waals surface area contributed by atoms with E-state index in [0.29, 0.717) is 6.54 Å². The van der Waals surface area contributed by atoms with Crippen LogP contribution in [0.15, 0.2) is 40.9 Å². The van der Waals surface area contributed by atoms with Crippen LogP contribution in [-0.4, -0.2) is 7.11 Å². The molecule has 4 heteroatoms. The van der Waals surface area contributed by atoms with Gasteiger partial charge in [0.05, 0.1) is 7.11 Å². The third kappa shape index (κ3) is 3.70. The fraction of sp³-hybridized carbons (Fsp3) is 0.200. The van der Waals surface area contributed by atoms with Gasteiger partial charge in [-0.05, 0) is 42.3 Å². The van der Waals surface area contributed by atoms with Crippen molar-refractivity contribution in [2.24, 2.45) is 0 Å². The minimum absolute atomic E-state index is 0.203. The molecule has 0 aromatic heterocycles. The summed E-state index contributed by atoms with van der Waals surface area (Å²) in [5, 5.41) is 3.30. The molecule has 0 aliphatic rings. The summed E-state index contributed by atoms with van der Waals surface area (Å²) in [5.74, 6) is 0.582. The molecule has 0 saturated carbocycles. The monoisotopic (exact) mass is 323 g/mol. The van der Waals surface area contributed by atoms with Gasteiger partial charge >= 0.3 is 0 Å². The average Bonchev–Trinajstić information content (AvgIpc) is 2.37. The van der Waals surface area contributed by atoms with E-state index in [1.807, 2.05) is 25.1 Å². The van der Waals surface area contributed by atoms with Crippen molar-refractivity contribution in [1.29, 1.82) is 0 Å². The second kappa shape index (κ2) is 6.06. The van der Waals surface area contributed by atoms with E-state index in [-0.39, 0.29) is 5.82 Å². The van der Waals surface area contributed by atoms with Crippen molar-refractivity contribution < 1.29 is 9.13 Å². The molecule has 1 N–H and O–H groups in total. The molecule has 0 heterocycles. The van der Waals surface area contributed by atoms with Gasteiger partial charge in [-0.3, -0.25) is 0 Å². The summed E-state index contributed by atoms with van der Waals surface area (Å²) < 4.78 is 19.2. The highest BCUT2D eigenvalue weighted by molar-refractivity contribution is 9.10. The minimum atomic E-state index is -0.203. The van der Waals surface area contributed by atoms with E-state index in [0.717, 1.165) is 27.0 Å². The van der Waals surface area contributed by atoms with Crippen molar-refractivity contribution in [3.63, 3.8) is 0 Å². The Kier molecular flexibility index (Phi) is 4.43. The van der Waals surface area contributed by atoms with E-state index >= 15 is 0 Å². The molecule has 0 spiro atoms. The Morgan fingerprint density at radius 2 is 2.00 bits per heavy atom. The van der Waals surface area contributed by atoms with Crippen LogP contribution in [0.5, 0.6) is 5.75 Å². The van der Waals surface area contributed by atoms with Crippen molar-refractivity contribution in [2.75, 3.05) is 12.4 Å². The Morgan fingerprint density at radius 3 is 2.68 bits per heavy atom. The number of hydrogen-bond acceptors (Lipinski definition) is 2. The summed E-state index contributed by atoms with van der Waals surface area (Å²) in [5.41, 5.74) is 2.96. The third-order valence-corrected chi connectivity index (χ3v) is 3.35. The number of aryl methyl sites for hydroxylation is 1. The minimum Gasteiger partial charge on any atom is -0.497 e. The van der Waals surface area contributed by atoms with Gasteiger partial charge in [-0.25, -0.2) is 4.39 Å². The van der Waals surface area contributed by atoms with E-state index in [4.69, 9.17) is 4.74 Å². The molecular weight excluding hydrogens is 309 g/mol. The predicted octanol–water partition coefficient (Wildman–Crippen LogP) is 4.52. The highest BCUT2D eigenvalue weighted by Gasteiger charge is 2.02. The SMILES string of the molecule is COc1cc(Br)cc(NCc2ccc(F)cc2C)c1. The first-order valence-corrected chi connectivity index (χ1v) is 6.71. The van der Waals surface area contributed by atoms with Crippen LogP contribution >= 0.6 is 15.9 Å². The molecule has 19 heavy (non-hydrogen) atoms. The Hall–Kier alpha value is -1.55. The summed E-state index contributed by atoms with van der Waals surface area (Å²) in [6.07, 6.45) is 0. The van der Waals surface area contributed by atoms with Crippen LogP contribution in [0.25, 0.3) is 0 Å². The van der Waals surface area contributed by atoms with Crippen LogP contribution < -0.4 is 10.1 Å². The lowest BCUT2D eigenvalue weighted by Crippen LogP contribution is -2.02. The number of nitrogens with one attached hydrogen (secondary N) is 1. The molecule has 0 bridgehead atoms. The number of hydrogen-bond donors (Lipinski definition) is 1. The largest absolute Gasteiger partial charge is 0.497 e. The quantitative estimate of drug-likeness (QED) is 0.893. The third-order valence-electron chi connectivity index (χ3n) is 2.89. The molecule has 0 unspecified atom stereocenters. The number of benzene rings is 2. The maximum atomic E-state index is 13.0. The van der Waals surface area contributed by atoms with Crippen molar-refractivity contribution >= 4 is 21.6 Å². The number of halogens is 2. The van der Waals surface area contributed by atoms with E-state index in [9.17, 15) is 4.39 Å². The summed E-state index contributed by atoms with van der Waals surface area (Å²) in [6.45, 7) is 2.55. The van der Waals surface area contributed by atoms with E-state index in [2.05, 4.69) is 21.2 Å². The smallest absolute Gasteiger partial charge is 0.123 e. The maximum Gasteiger partial charge on any atom is 0.123 e. The van der Waals surface area contributed by atoms with Crippen LogP contribution in [0.4, 0.5) is 10.1 Å². The van der Waals surface area contributed by atoms with Crippen molar-refractivity contribution in [3.05, 3.63) is 57.8 Å². The molecular formula is C15H15BrFNO. The average molecular weight is 324 g/mol. The van der Waals surface area contributed by atoms with Crippen molar-refractivity contribution in [2.45, 2.75) is 13.5 Å². The number of methoxy groups -OCH3 is 1. The van der Waals surface area contributed by atoms with Gasteiger partial charge in [0, 0.05) is 22.8 Å². The Bertz CT molecular complexity index is 586. The zero-order valence-electron chi connectivity index (χ0n) is 10.8. The maximum absolute atomic E-state index is 13.0. The Morgan fingerprint density at radius 1 is 1.21 bits per heavy atom. The molecule has 0 fully saturated rings. The lowest BCUT2D eigenvalue weighted by Gasteiger charge is -2.11. The Labute approximate surface area is 120 Å². The molecule has 0 amide bonds. The molecule has 100 valence electrons. The first kappa shape index (κ1) is 13.9. The van der Waals surface area contributed by atoms with Crippen molar-refractivity contribution in [3.8, 4) is 5.75 Å². The molecule has 0 atom stereocenters. The summed E-state index contributed by atoms with van der Waals surface area (Å²) >= 11 is 3.43. The lowest BCUT2D eigenvalue weighted by atomic mass is 10.1. The molecule has 0 radical (unpaired) electrons. The summed E-state index contributed by atoms with van der Waals surface area (Å²) in [6, 6.07) is 10.6. The molecule has 2 rings (SSSR count). The molecule has 0 saturated heterocycles. The van der Waals surface area contributed by atoms with Crippen molar-refractivity contribution in [1.82, 2.24) is 0 Å². The van der Waals surface area contributed by atoms with E-state index in [1.54, 1.807) is 19.2 Å². The lowest BCUT2D eigenvalue weighted by molar-refractivity contribution is 0.414. The van der Waals surface area contributed by atoms with Gasteiger partial charge < -0.3 is 10.1 Å². The highest BCUT2D eigenvalue weighted by Crippen LogP contribution is 2.25. The van der Waals surface area contributed by atoms with Crippen LogP contribution in [0.3, 0.4) is 0 Å². The fourth-order valence-electron chi connectivity index (χ4n) is 1.84. The van der Waals surface area contributed by atoms with E-state index in [1.165, 1.54) is 6.07 Å². The summed E-state index contributed by atoms with van der Waals surface area (Å²) in [4.78, 5) is 0. The predicted molar refractivity (Wildman–Crippen MR) is 79.2 cm³/mol. The van der Waals surface area contributed by atoms with Gasteiger partial charge in [0.2, 0.25) is 0 Å². The molecule has 0 aliphatic carbocycles. The normalized spacial score (nSPS) is 10.3.